The molecule has 1 saturated heterocycles. The van der Waals surface area contributed by atoms with E-state index in [1.807, 2.05) is 54.3 Å². The van der Waals surface area contributed by atoms with Gasteiger partial charge in [-0.25, -0.2) is 0 Å². The molecule has 5 nitrogen and oxygen atoms in total. The molecule has 0 radical (unpaired) electrons. The second-order valence-electron chi connectivity index (χ2n) is 6.23. The molecule has 6 heteroatoms. The van der Waals surface area contributed by atoms with Gasteiger partial charge in [-0.15, -0.1) is 11.3 Å². The number of carbonyl (C=O) groups is 2. The van der Waals surface area contributed by atoms with Gasteiger partial charge in [0, 0.05) is 25.2 Å². The molecule has 2 aromatic heterocycles. The van der Waals surface area contributed by atoms with Crippen molar-refractivity contribution in [1.29, 1.82) is 0 Å². The fourth-order valence-corrected chi connectivity index (χ4v) is 3.69. The highest BCUT2D eigenvalue weighted by atomic mass is 32.1. The molecule has 1 aliphatic rings. The van der Waals surface area contributed by atoms with Crippen molar-refractivity contribution in [2.75, 3.05) is 19.8 Å². The Labute approximate surface area is 145 Å². The lowest BCUT2D eigenvalue weighted by molar-refractivity contribution is -0.00336. The number of nitrogens with zero attached hydrogens (tertiary/aromatic N) is 2. The van der Waals surface area contributed by atoms with Crippen molar-refractivity contribution < 1.29 is 14.3 Å². The molecule has 0 aliphatic carbocycles. The molecule has 0 spiro atoms. The second-order valence-corrected chi connectivity index (χ2v) is 7.17. The molecule has 0 unspecified atom stereocenters. The number of hydrogen-bond acceptors (Lipinski definition) is 4. The number of amides is 1. The van der Waals surface area contributed by atoms with Crippen LogP contribution in [-0.4, -0.2) is 47.0 Å². The first kappa shape index (κ1) is 16.9. The van der Waals surface area contributed by atoms with E-state index >= 15 is 0 Å². The molecule has 0 aromatic carbocycles. The normalized spacial score (nSPS) is 18.1. The number of aromatic nitrogens is 1. The molecule has 0 saturated carbocycles. The summed E-state index contributed by atoms with van der Waals surface area (Å²) in [6.45, 7) is 5.54. The number of Topliss-reactive ketones (excluding diaryl/α,β-unsaturated/α-hetero) is 1. The van der Waals surface area contributed by atoms with Crippen molar-refractivity contribution in [1.82, 2.24) is 9.47 Å². The summed E-state index contributed by atoms with van der Waals surface area (Å²) < 4.78 is 7.49. The molecule has 24 heavy (non-hydrogen) atoms. The van der Waals surface area contributed by atoms with E-state index in [1.54, 1.807) is 4.90 Å². The Bertz CT molecular complexity index is 706. The van der Waals surface area contributed by atoms with Crippen LogP contribution in [0, 0.1) is 0 Å². The molecule has 128 valence electrons. The number of carbonyl (C=O) groups excluding carboxylic acids is 2. The van der Waals surface area contributed by atoms with Gasteiger partial charge in [0.15, 0.2) is 5.78 Å². The summed E-state index contributed by atoms with van der Waals surface area (Å²) in [7, 11) is 0. The fraction of sp³-hybridized carbons (Fsp3) is 0.444. The third-order valence-electron chi connectivity index (χ3n) is 4.26. The SMILES string of the molecule is CC(C)n1cccc1C(=O)N1CCOC[C@@H]1CC(=O)c1cccs1. The third kappa shape index (κ3) is 3.44. The van der Waals surface area contributed by atoms with Gasteiger partial charge in [0.05, 0.1) is 24.1 Å². The van der Waals surface area contributed by atoms with Gasteiger partial charge in [-0.2, -0.15) is 0 Å². The maximum absolute atomic E-state index is 13.0. The largest absolute Gasteiger partial charge is 0.377 e. The molecule has 1 aliphatic heterocycles. The molecular formula is C18H22N2O3S. The van der Waals surface area contributed by atoms with Gasteiger partial charge in [-0.05, 0) is 37.4 Å². The van der Waals surface area contributed by atoms with Crippen molar-refractivity contribution in [3.05, 3.63) is 46.4 Å². The van der Waals surface area contributed by atoms with E-state index in [1.165, 1.54) is 11.3 Å². The summed E-state index contributed by atoms with van der Waals surface area (Å²) in [6, 6.07) is 7.43. The van der Waals surface area contributed by atoms with E-state index in [-0.39, 0.29) is 23.8 Å². The van der Waals surface area contributed by atoms with Crippen LogP contribution in [0.2, 0.25) is 0 Å². The Balaban J connectivity index is 1.78. The average Bonchev–Trinajstić information content (AvgIpc) is 3.26. The number of morpholine rings is 1. The van der Waals surface area contributed by atoms with Crippen LogP contribution in [-0.2, 0) is 4.74 Å². The molecule has 0 bridgehead atoms. The van der Waals surface area contributed by atoms with E-state index in [2.05, 4.69) is 0 Å². The molecular weight excluding hydrogens is 324 g/mol. The summed E-state index contributed by atoms with van der Waals surface area (Å²) >= 11 is 1.44. The summed E-state index contributed by atoms with van der Waals surface area (Å²) in [6.07, 6.45) is 2.22. The highest BCUT2D eigenvalue weighted by Crippen LogP contribution is 2.21. The number of ketones is 1. The molecule has 3 rings (SSSR count). The first-order chi connectivity index (χ1) is 11.6. The molecule has 1 amide bonds. The predicted molar refractivity (Wildman–Crippen MR) is 93.7 cm³/mol. The number of rotatable bonds is 5. The van der Waals surface area contributed by atoms with Crippen LogP contribution in [0.15, 0.2) is 35.8 Å². The smallest absolute Gasteiger partial charge is 0.270 e. The van der Waals surface area contributed by atoms with Gasteiger partial charge in [0.2, 0.25) is 0 Å². The van der Waals surface area contributed by atoms with Crippen molar-refractivity contribution in [2.24, 2.45) is 0 Å². The Morgan fingerprint density at radius 3 is 2.88 bits per heavy atom. The summed E-state index contributed by atoms with van der Waals surface area (Å²) in [5, 5.41) is 1.89. The second kappa shape index (κ2) is 7.32. The van der Waals surface area contributed by atoms with Crippen LogP contribution in [0.4, 0.5) is 0 Å². The van der Waals surface area contributed by atoms with E-state index in [9.17, 15) is 9.59 Å². The molecule has 1 fully saturated rings. The van der Waals surface area contributed by atoms with E-state index in [4.69, 9.17) is 4.74 Å². The van der Waals surface area contributed by atoms with E-state index in [0.717, 1.165) is 4.88 Å². The van der Waals surface area contributed by atoms with Crippen LogP contribution < -0.4 is 0 Å². The van der Waals surface area contributed by atoms with Crippen molar-refractivity contribution in [3.8, 4) is 0 Å². The van der Waals surface area contributed by atoms with E-state index in [0.29, 0.717) is 31.9 Å². The summed E-state index contributed by atoms with van der Waals surface area (Å²) in [5.74, 6) is 0.0403. The lowest BCUT2D eigenvalue weighted by Gasteiger charge is -2.35. The minimum absolute atomic E-state index is 0.0269. The fourth-order valence-electron chi connectivity index (χ4n) is 3.02. The van der Waals surface area contributed by atoms with Crippen molar-refractivity contribution in [3.63, 3.8) is 0 Å². The van der Waals surface area contributed by atoms with Crippen molar-refractivity contribution >= 4 is 23.0 Å². The quantitative estimate of drug-likeness (QED) is 0.781. The zero-order chi connectivity index (χ0) is 17.1. The predicted octanol–water partition coefficient (Wildman–Crippen LogP) is 3.24. The maximum Gasteiger partial charge on any atom is 0.270 e. The average molecular weight is 346 g/mol. The lowest BCUT2D eigenvalue weighted by Crippen LogP contribution is -2.50. The molecule has 0 N–H and O–H groups in total. The Kier molecular flexibility index (Phi) is 5.16. The standard InChI is InChI=1S/C18H22N2O3S/c1-13(2)19-7-3-5-15(19)18(22)20-8-9-23-12-14(20)11-16(21)17-6-4-10-24-17/h3-7,10,13-14H,8-9,11-12H2,1-2H3/t14-/m0/s1. The highest BCUT2D eigenvalue weighted by molar-refractivity contribution is 7.12. The van der Waals surface area contributed by atoms with Gasteiger partial charge < -0.3 is 14.2 Å². The summed E-state index contributed by atoms with van der Waals surface area (Å²) in [5.41, 5.74) is 0.667. The Morgan fingerprint density at radius 1 is 1.33 bits per heavy atom. The number of ether oxygens (including phenoxy) is 1. The Hall–Kier alpha value is -1.92. The van der Waals surface area contributed by atoms with Crippen LogP contribution in [0.5, 0.6) is 0 Å². The molecule has 3 heterocycles. The third-order valence-corrected chi connectivity index (χ3v) is 5.17. The zero-order valence-corrected chi connectivity index (χ0v) is 14.8. The maximum atomic E-state index is 13.0. The van der Waals surface area contributed by atoms with E-state index < -0.39 is 0 Å². The highest BCUT2D eigenvalue weighted by Gasteiger charge is 2.31. The van der Waals surface area contributed by atoms with Crippen LogP contribution >= 0.6 is 11.3 Å². The van der Waals surface area contributed by atoms with Crippen molar-refractivity contribution in [2.45, 2.75) is 32.4 Å². The first-order valence-corrected chi connectivity index (χ1v) is 9.08. The monoisotopic (exact) mass is 346 g/mol. The topological polar surface area (TPSA) is 51.5 Å². The lowest BCUT2D eigenvalue weighted by atomic mass is 10.1. The van der Waals surface area contributed by atoms with Gasteiger partial charge in [-0.1, -0.05) is 6.07 Å². The number of thiophene rings is 1. The molecule has 2 aromatic rings. The van der Waals surface area contributed by atoms with Crippen LogP contribution in [0.3, 0.4) is 0 Å². The minimum atomic E-state index is -0.212. The first-order valence-electron chi connectivity index (χ1n) is 8.20. The van der Waals surface area contributed by atoms with Crippen LogP contribution in [0.25, 0.3) is 0 Å². The summed E-state index contributed by atoms with van der Waals surface area (Å²) in [4.78, 5) is 28.0. The minimum Gasteiger partial charge on any atom is -0.377 e. The van der Waals surface area contributed by atoms with Gasteiger partial charge in [0.25, 0.3) is 5.91 Å². The molecule has 1 atom stereocenters. The van der Waals surface area contributed by atoms with Crippen LogP contribution in [0.1, 0.15) is 46.5 Å². The van der Waals surface area contributed by atoms with Gasteiger partial charge in [0.1, 0.15) is 5.69 Å². The number of hydrogen-bond donors (Lipinski definition) is 0. The van der Waals surface area contributed by atoms with Gasteiger partial charge >= 0.3 is 0 Å². The zero-order valence-electron chi connectivity index (χ0n) is 14.0. The van der Waals surface area contributed by atoms with Gasteiger partial charge in [-0.3, -0.25) is 9.59 Å². The Morgan fingerprint density at radius 2 is 2.17 bits per heavy atom.